The Kier molecular flexibility index (Phi) is 3.66. The van der Waals surface area contributed by atoms with E-state index in [-0.39, 0.29) is 13.0 Å². The lowest BCUT2D eigenvalue weighted by Crippen LogP contribution is -2.42. The van der Waals surface area contributed by atoms with E-state index in [4.69, 9.17) is 10.2 Å². The normalized spacial score (nSPS) is 16.3. The molecule has 0 bridgehead atoms. The number of amides is 1. The summed E-state index contributed by atoms with van der Waals surface area (Å²) in [6.45, 7) is -0.277. The smallest absolute Gasteiger partial charge is 0.326 e. The lowest BCUT2D eigenvalue weighted by Gasteiger charge is -2.14. The molecule has 0 radical (unpaired) electrons. The molecular weight excluding hydrogens is 236 g/mol. The third kappa shape index (κ3) is 2.70. The van der Waals surface area contributed by atoms with E-state index in [2.05, 4.69) is 5.32 Å². The summed E-state index contributed by atoms with van der Waals surface area (Å²) in [7, 11) is 0. The molecule has 0 aromatic carbocycles. The summed E-state index contributed by atoms with van der Waals surface area (Å²) in [5.74, 6) is -1.55. The van der Waals surface area contributed by atoms with Crippen molar-refractivity contribution in [3.8, 4) is 0 Å². The number of carbonyl (C=O) groups excluding carboxylic acids is 1. The van der Waals surface area contributed by atoms with E-state index in [1.807, 2.05) is 10.8 Å². The maximum atomic E-state index is 12.0. The quantitative estimate of drug-likeness (QED) is 0.683. The third-order valence-electron chi connectivity index (χ3n) is 2.97. The molecule has 6 heteroatoms. The number of hydrogen-bond donors (Lipinski definition) is 3. The number of carbonyl (C=O) groups is 2. The van der Waals surface area contributed by atoms with Crippen molar-refractivity contribution in [3.63, 3.8) is 0 Å². The molecule has 1 saturated carbocycles. The van der Waals surface area contributed by atoms with E-state index >= 15 is 0 Å². The number of aromatic nitrogens is 1. The van der Waals surface area contributed by atoms with Crippen molar-refractivity contribution in [1.82, 2.24) is 9.88 Å². The summed E-state index contributed by atoms with van der Waals surface area (Å²) in [6.07, 6.45) is 3.93. The van der Waals surface area contributed by atoms with Gasteiger partial charge in [0.15, 0.2) is 0 Å². The highest BCUT2D eigenvalue weighted by Crippen LogP contribution is 2.35. The summed E-state index contributed by atoms with van der Waals surface area (Å²) in [5, 5.41) is 20.1. The second kappa shape index (κ2) is 5.22. The monoisotopic (exact) mass is 252 g/mol. The van der Waals surface area contributed by atoms with Crippen molar-refractivity contribution >= 4 is 11.9 Å². The van der Waals surface area contributed by atoms with Gasteiger partial charge in [0.05, 0.1) is 0 Å². The zero-order valence-corrected chi connectivity index (χ0v) is 9.87. The van der Waals surface area contributed by atoms with Crippen LogP contribution in [0.1, 0.15) is 35.8 Å². The van der Waals surface area contributed by atoms with Gasteiger partial charge in [-0.1, -0.05) is 0 Å². The van der Waals surface area contributed by atoms with Crippen molar-refractivity contribution in [2.45, 2.75) is 31.3 Å². The zero-order valence-electron chi connectivity index (χ0n) is 9.87. The van der Waals surface area contributed by atoms with Crippen molar-refractivity contribution in [2.75, 3.05) is 6.61 Å². The highest BCUT2D eigenvalue weighted by molar-refractivity contribution is 5.95. The minimum atomic E-state index is -1.14. The molecule has 1 aliphatic rings. The fourth-order valence-electron chi connectivity index (χ4n) is 1.88. The average Bonchev–Trinajstić information content (AvgIpc) is 3.06. The largest absolute Gasteiger partial charge is 0.480 e. The van der Waals surface area contributed by atoms with Crippen LogP contribution in [0.5, 0.6) is 0 Å². The molecule has 1 amide bonds. The van der Waals surface area contributed by atoms with E-state index in [1.165, 1.54) is 0 Å². The molecular formula is C12H16N2O4. The Labute approximate surface area is 104 Å². The zero-order chi connectivity index (χ0) is 13.1. The Morgan fingerprint density at radius 1 is 1.50 bits per heavy atom. The van der Waals surface area contributed by atoms with Crippen LogP contribution in [0.2, 0.25) is 0 Å². The average molecular weight is 252 g/mol. The number of rotatable bonds is 6. The first kappa shape index (κ1) is 12.6. The Hall–Kier alpha value is -1.82. The van der Waals surface area contributed by atoms with Crippen LogP contribution >= 0.6 is 0 Å². The summed E-state index contributed by atoms with van der Waals surface area (Å²) in [6, 6.07) is 2.76. The lowest BCUT2D eigenvalue weighted by molar-refractivity contribution is -0.139. The highest BCUT2D eigenvalue weighted by Gasteiger charge is 2.28. The predicted octanol–water partition coefficient (Wildman–Crippen LogP) is 0.388. The number of nitrogens with one attached hydrogen (secondary N) is 1. The van der Waals surface area contributed by atoms with Crippen LogP contribution in [0.3, 0.4) is 0 Å². The molecule has 1 heterocycles. The van der Waals surface area contributed by atoms with Crippen molar-refractivity contribution in [1.29, 1.82) is 0 Å². The number of aliphatic hydroxyl groups excluding tert-OH is 1. The van der Waals surface area contributed by atoms with Crippen LogP contribution in [0.25, 0.3) is 0 Å². The van der Waals surface area contributed by atoms with Crippen LogP contribution in [0.4, 0.5) is 0 Å². The summed E-state index contributed by atoms with van der Waals surface area (Å²) < 4.78 is 1.87. The minimum Gasteiger partial charge on any atom is -0.480 e. The molecule has 0 aliphatic heterocycles. The van der Waals surface area contributed by atoms with Gasteiger partial charge in [0.2, 0.25) is 0 Å². The second-order valence-corrected chi connectivity index (χ2v) is 4.41. The molecule has 98 valence electrons. The van der Waals surface area contributed by atoms with Crippen LogP contribution in [0.15, 0.2) is 18.3 Å². The Morgan fingerprint density at radius 2 is 2.22 bits per heavy atom. The van der Waals surface area contributed by atoms with Gasteiger partial charge in [-0.25, -0.2) is 4.79 Å². The molecule has 0 saturated heterocycles. The molecule has 1 aliphatic carbocycles. The Bertz CT molecular complexity index is 451. The maximum Gasteiger partial charge on any atom is 0.326 e. The molecule has 2 rings (SSSR count). The molecule has 0 unspecified atom stereocenters. The molecule has 1 fully saturated rings. The molecule has 1 atom stereocenters. The number of carboxylic acid groups (broad SMARTS) is 1. The Morgan fingerprint density at radius 3 is 2.78 bits per heavy atom. The van der Waals surface area contributed by atoms with Gasteiger partial charge in [-0.15, -0.1) is 0 Å². The maximum absolute atomic E-state index is 12.0. The van der Waals surface area contributed by atoms with Crippen LogP contribution < -0.4 is 5.32 Å². The first-order valence-corrected chi connectivity index (χ1v) is 5.95. The van der Waals surface area contributed by atoms with Gasteiger partial charge in [0.25, 0.3) is 5.91 Å². The first-order valence-electron chi connectivity index (χ1n) is 5.95. The predicted molar refractivity (Wildman–Crippen MR) is 63.3 cm³/mol. The highest BCUT2D eigenvalue weighted by atomic mass is 16.4. The van der Waals surface area contributed by atoms with E-state index in [0.29, 0.717) is 11.7 Å². The lowest BCUT2D eigenvalue weighted by atomic mass is 10.2. The SMILES string of the molecule is O=C(N[C@@H](CCO)C(=O)O)c1cccn1C1CC1. The van der Waals surface area contributed by atoms with Crippen molar-refractivity contribution < 1.29 is 19.8 Å². The molecule has 1 aromatic heterocycles. The second-order valence-electron chi connectivity index (χ2n) is 4.41. The number of aliphatic hydroxyl groups is 1. The van der Waals surface area contributed by atoms with Crippen LogP contribution in [-0.4, -0.2) is 39.3 Å². The van der Waals surface area contributed by atoms with E-state index in [0.717, 1.165) is 12.8 Å². The van der Waals surface area contributed by atoms with Crippen LogP contribution in [0, 0.1) is 0 Å². The molecule has 3 N–H and O–H groups in total. The van der Waals surface area contributed by atoms with Crippen LogP contribution in [-0.2, 0) is 4.79 Å². The fraction of sp³-hybridized carbons (Fsp3) is 0.500. The van der Waals surface area contributed by atoms with Crippen molar-refractivity contribution in [3.05, 3.63) is 24.0 Å². The molecule has 0 spiro atoms. The van der Waals surface area contributed by atoms with Gasteiger partial charge in [0.1, 0.15) is 11.7 Å². The van der Waals surface area contributed by atoms with Gasteiger partial charge >= 0.3 is 5.97 Å². The topological polar surface area (TPSA) is 91.6 Å². The summed E-state index contributed by atoms with van der Waals surface area (Å²) in [4.78, 5) is 22.9. The fourth-order valence-corrected chi connectivity index (χ4v) is 1.88. The third-order valence-corrected chi connectivity index (χ3v) is 2.97. The first-order chi connectivity index (χ1) is 8.63. The van der Waals surface area contributed by atoms with Gasteiger partial charge in [0, 0.05) is 25.3 Å². The van der Waals surface area contributed by atoms with E-state index in [1.54, 1.807) is 12.1 Å². The Balaban J connectivity index is 2.05. The summed E-state index contributed by atoms with van der Waals surface area (Å²) in [5.41, 5.74) is 0.474. The number of nitrogens with zero attached hydrogens (tertiary/aromatic N) is 1. The number of aliphatic carboxylic acids is 1. The molecule has 18 heavy (non-hydrogen) atoms. The van der Waals surface area contributed by atoms with Crippen molar-refractivity contribution in [2.24, 2.45) is 0 Å². The van der Waals surface area contributed by atoms with Gasteiger partial charge in [-0.2, -0.15) is 0 Å². The summed E-state index contributed by atoms with van der Waals surface area (Å²) >= 11 is 0. The van der Waals surface area contributed by atoms with Gasteiger partial charge in [-0.3, -0.25) is 4.79 Å². The number of hydrogen-bond acceptors (Lipinski definition) is 3. The molecule has 1 aromatic rings. The standard InChI is InChI=1S/C12H16N2O4/c15-7-5-9(12(17)18)13-11(16)10-2-1-6-14(10)8-3-4-8/h1-2,6,8-9,15H,3-5,7H2,(H,13,16)(H,17,18)/t9-/m0/s1. The number of carboxylic acids is 1. The van der Waals surface area contributed by atoms with E-state index in [9.17, 15) is 9.59 Å². The molecule has 6 nitrogen and oxygen atoms in total. The minimum absolute atomic E-state index is 0.00517. The van der Waals surface area contributed by atoms with Gasteiger partial charge < -0.3 is 20.1 Å². The van der Waals surface area contributed by atoms with E-state index < -0.39 is 17.9 Å². The van der Waals surface area contributed by atoms with Gasteiger partial charge in [-0.05, 0) is 25.0 Å².